The molecule has 2 bridgehead atoms. The molecule has 2 aromatic carbocycles. The summed E-state index contributed by atoms with van der Waals surface area (Å²) in [7, 11) is 3.77. The highest BCUT2D eigenvalue weighted by molar-refractivity contribution is 5.95. The molecule has 4 atom stereocenters. The van der Waals surface area contributed by atoms with Gasteiger partial charge in [0, 0.05) is 68.0 Å². The van der Waals surface area contributed by atoms with Crippen molar-refractivity contribution >= 4 is 28.4 Å². The zero-order chi connectivity index (χ0) is 34.3. The number of likely N-dealkylation sites (tertiary alicyclic amines) is 1. The third-order valence-corrected chi connectivity index (χ3v) is 10.4. The van der Waals surface area contributed by atoms with Crippen LogP contribution >= 0.6 is 0 Å². The first-order valence-corrected chi connectivity index (χ1v) is 17.6. The molecule has 12 nitrogen and oxygen atoms in total. The van der Waals surface area contributed by atoms with Crippen LogP contribution < -0.4 is 19.3 Å². The van der Waals surface area contributed by atoms with Crippen molar-refractivity contribution in [1.29, 1.82) is 0 Å². The lowest BCUT2D eigenvalue weighted by Crippen LogP contribution is -2.58. The number of aromatic nitrogens is 2. The predicted molar refractivity (Wildman–Crippen MR) is 187 cm³/mol. The Hall–Kier alpha value is -3.87. The maximum atomic E-state index is 13.4. The molecule has 4 aliphatic rings. The van der Waals surface area contributed by atoms with Crippen molar-refractivity contribution < 1.29 is 28.8 Å². The van der Waals surface area contributed by atoms with Crippen LogP contribution in [0.3, 0.4) is 0 Å². The Morgan fingerprint density at radius 2 is 1.90 bits per heavy atom. The topological polar surface area (TPSA) is 113 Å². The first-order valence-electron chi connectivity index (χ1n) is 17.6. The van der Waals surface area contributed by atoms with E-state index in [1.165, 1.54) is 0 Å². The largest absolute Gasteiger partial charge is 0.467 e. The van der Waals surface area contributed by atoms with Crippen molar-refractivity contribution in [1.82, 2.24) is 19.8 Å². The summed E-state index contributed by atoms with van der Waals surface area (Å²) >= 11 is 0. The second kappa shape index (κ2) is 13.8. The molecule has 4 aliphatic heterocycles. The number of methoxy groups -OCH3 is 1. The second-order valence-corrected chi connectivity index (χ2v) is 14.9. The average molecular weight is 675 g/mol. The Morgan fingerprint density at radius 1 is 1.06 bits per heavy atom. The van der Waals surface area contributed by atoms with E-state index in [-0.39, 0.29) is 37.5 Å². The molecule has 0 spiro atoms. The lowest BCUT2D eigenvalue weighted by molar-refractivity contribution is 0.00933. The van der Waals surface area contributed by atoms with Crippen LogP contribution in [0.5, 0.6) is 11.8 Å². The standard InChI is InChI=1S/C37H50N6O6/c1-37(2,3)49-36(45)43-27-15-25(21-44)33(43)20-42(18-27)34-30-12-14-41(19-31(30)38-35(39-34)47-22-26-10-8-13-40(26)4)32-17-28(48-23-46-5)16-24-9-6-7-11-29(24)32/h6-7,9,11,16-17,25-27,33,44H,8,10,12-15,18-23H2,1-5H3/t25-,26+,27+,33+/m1/s1. The summed E-state index contributed by atoms with van der Waals surface area (Å²) < 4.78 is 23.3. The van der Waals surface area contributed by atoms with E-state index in [0.717, 1.165) is 78.1 Å². The van der Waals surface area contributed by atoms with E-state index >= 15 is 0 Å². The fourth-order valence-electron chi connectivity index (χ4n) is 8.06. The van der Waals surface area contributed by atoms with Gasteiger partial charge in [-0.1, -0.05) is 24.3 Å². The van der Waals surface area contributed by atoms with Crippen LogP contribution in [0.2, 0.25) is 0 Å². The normalized spacial score (nSPS) is 24.0. The zero-order valence-electron chi connectivity index (χ0n) is 29.4. The summed E-state index contributed by atoms with van der Waals surface area (Å²) in [5.41, 5.74) is 2.54. The Balaban J connectivity index is 1.22. The predicted octanol–water partition coefficient (Wildman–Crippen LogP) is 4.45. The highest BCUT2D eigenvalue weighted by Gasteiger charge is 2.50. The minimum Gasteiger partial charge on any atom is -0.467 e. The highest BCUT2D eigenvalue weighted by atomic mass is 16.7. The van der Waals surface area contributed by atoms with Gasteiger partial charge in [0.05, 0.1) is 24.3 Å². The zero-order valence-corrected chi connectivity index (χ0v) is 29.4. The minimum atomic E-state index is -0.597. The smallest absolute Gasteiger partial charge is 0.410 e. The number of nitrogens with zero attached hydrogens (tertiary/aromatic N) is 6. The number of ether oxygens (including phenoxy) is 4. The molecule has 1 N–H and O–H groups in total. The molecular formula is C37H50N6O6. The van der Waals surface area contributed by atoms with Crippen LogP contribution in [0.4, 0.5) is 16.3 Å². The summed E-state index contributed by atoms with van der Waals surface area (Å²) in [5, 5.41) is 12.6. The molecule has 3 fully saturated rings. The van der Waals surface area contributed by atoms with Crippen LogP contribution in [0.25, 0.3) is 10.8 Å². The van der Waals surface area contributed by atoms with Gasteiger partial charge in [-0.2, -0.15) is 9.97 Å². The van der Waals surface area contributed by atoms with Crippen LogP contribution in [-0.4, -0.2) is 115 Å². The van der Waals surface area contributed by atoms with Gasteiger partial charge in [-0.15, -0.1) is 0 Å². The van der Waals surface area contributed by atoms with Crippen LogP contribution in [0.15, 0.2) is 36.4 Å². The van der Waals surface area contributed by atoms with Gasteiger partial charge in [0.25, 0.3) is 0 Å². The number of benzene rings is 2. The van der Waals surface area contributed by atoms with Crippen molar-refractivity contribution in [3.8, 4) is 11.8 Å². The molecule has 264 valence electrons. The number of carbonyl (C=O) groups is 1. The number of amides is 1. The monoisotopic (exact) mass is 674 g/mol. The summed E-state index contributed by atoms with van der Waals surface area (Å²) in [6.45, 7) is 9.99. The summed E-state index contributed by atoms with van der Waals surface area (Å²) in [4.78, 5) is 32.4. The number of hydrogen-bond acceptors (Lipinski definition) is 11. The number of likely N-dealkylation sites (N-methyl/N-ethyl adjacent to an activating group) is 1. The molecule has 0 unspecified atom stereocenters. The van der Waals surface area contributed by atoms with E-state index in [1.807, 2.05) is 37.8 Å². The molecule has 0 radical (unpaired) electrons. The summed E-state index contributed by atoms with van der Waals surface area (Å²) in [6.07, 6.45) is 3.41. The number of rotatable bonds is 9. The molecule has 1 aromatic heterocycles. The van der Waals surface area contributed by atoms with Gasteiger partial charge in [0.1, 0.15) is 23.8 Å². The number of carbonyl (C=O) groups excluding carboxylic acids is 1. The first kappa shape index (κ1) is 33.6. The lowest BCUT2D eigenvalue weighted by atomic mass is 10.0. The van der Waals surface area contributed by atoms with E-state index in [4.69, 9.17) is 28.9 Å². The molecule has 12 heteroatoms. The van der Waals surface area contributed by atoms with Crippen molar-refractivity contribution in [2.45, 2.75) is 76.7 Å². The fourth-order valence-corrected chi connectivity index (χ4v) is 8.06. The lowest BCUT2D eigenvalue weighted by Gasteiger charge is -2.43. The van der Waals surface area contributed by atoms with E-state index in [9.17, 15) is 9.90 Å². The molecule has 49 heavy (non-hydrogen) atoms. The Labute approximate surface area is 288 Å². The van der Waals surface area contributed by atoms with Gasteiger partial charge in [-0.3, -0.25) is 4.90 Å². The molecular weight excluding hydrogens is 624 g/mol. The Morgan fingerprint density at radius 3 is 2.65 bits per heavy atom. The van der Waals surface area contributed by atoms with Gasteiger partial charge in [0.15, 0.2) is 6.79 Å². The minimum absolute atomic E-state index is 0.0230. The van der Waals surface area contributed by atoms with E-state index < -0.39 is 5.60 Å². The van der Waals surface area contributed by atoms with E-state index in [0.29, 0.717) is 38.3 Å². The van der Waals surface area contributed by atoms with Crippen LogP contribution in [-0.2, 0) is 22.4 Å². The maximum absolute atomic E-state index is 13.4. The highest BCUT2D eigenvalue weighted by Crippen LogP contribution is 2.41. The number of fused-ring (bicyclic) bond motifs is 4. The fraction of sp³-hybridized carbons (Fsp3) is 0.595. The molecule has 5 heterocycles. The quantitative estimate of drug-likeness (QED) is 0.325. The van der Waals surface area contributed by atoms with Gasteiger partial charge in [-0.25, -0.2) is 4.79 Å². The summed E-state index contributed by atoms with van der Waals surface area (Å²) in [6, 6.07) is 12.9. The SMILES string of the molecule is COCOc1cc(N2CCc3c(nc(OC[C@@H]4CCCN4C)nc3N3C[C@@H]4C[C@H](CO)[C@H](C3)N4C(=O)OC(C)(C)C)C2)c2ccccc2c1. The molecule has 0 aliphatic carbocycles. The molecule has 3 aromatic rings. The van der Waals surface area contributed by atoms with Crippen LogP contribution in [0, 0.1) is 5.92 Å². The Bertz CT molecular complexity index is 1660. The molecule has 0 saturated carbocycles. The molecule has 3 saturated heterocycles. The van der Waals surface area contributed by atoms with E-state index in [1.54, 1.807) is 7.11 Å². The van der Waals surface area contributed by atoms with Crippen LogP contribution in [0.1, 0.15) is 51.3 Å². The summed E-state index contributed by atoms with van der Waals surface area (Å²) in [5.74, 6) is 1.61. The van der Waals surface area contributed by atoms with Crippen molar-refractivity contribution in [2.24, 2.45) is 5.92 Å². The van der Waals surface area contributed by atoms with E-state index in [2.05, 4.69) is 46.0 Å². The Kier molecular flexibility index (Phi) is 9.47. The van der Waals surface area contributed by atoms with Crippen molar-refractivity contribution in [3.63, 3.8) is 0 Å². The molecule has 7 rings (SSSR count). The van der Waals surface area contributed by atoms with Crippen molar-refractivity contribution in [3.05, 3.63) is 47.7 Å². The molecule has 1 amide bonds. The third-order valence-electron chi connectivity index (χ3n) is 10.4. The number of anilines is 2. The number of aliphatic hydroxyl groups excluding tert-OH is 1. The third kappa shape index (κ3) is 6.95. The second-order valence-electron chi connectivity index (χ2n) is 14.9. The number of piperazine rings is 1. The first-order chi connectivity index (χ1) is 23.6. The number of hydrogen-bond donors (Lipinski definition) is 1. The average Bonchev–Trinajstić information content (AvgIpc) is 3.60. The van der Waals surface area contributed by atoms with Gasteiger partial charge in [-0.05, 0) is 71.5 Å². The van der Waals surface area contributed by atoms with Gasteiger partial charge in [0.2, 0.25) is 0 Å². The maximum Gasteiger partial charge on any atom is 0.410 e. The van der Waals surface area contributed by atoms with Crippen molar-refractivity contribution in [2.75, 3.05) is 70.1 Å². The van der Waals surface area contributed by atoms with Gasteiger partial charge >= 0.3 is 12.1 Å². The van der Waals surface area contributed by atoms with Gasteiger partial charge < -0.3 is 38.8 Å². The number of aliphatic hydroxyl groups is 1.